The van der Waals surface area contributed by atoms with Crippen LogP contribution >= 0.6 is 0 Å². The number of benzene rings is 4. The monoisotopic (exact) mass is 412 g/mol. The molecular formula is C29H23BNO. The van der Waals surface area contributed by atoms with E-state index in [9.17, 15) is 0 Å². The third-order valence-electron chi connectivity index (χ3n) is 6.53. The zero-order valence-electron chi connectivity index (χ0n) is 18.1. The molecule has 32 heavy (non-hydrogen) atoms. The van der Waals surface area contributed by atoms with Crippen LogP contribution in [0.3, 0.4) is 0 Å². The number of rotatable bonds is 5. The molecule has 0 aliphatic heterocycles. The lowest BCUT2D eigenvalue weighted by atomic mass is 9.73. The van der Waals surface area contributed by atoms with E-state index in [1.807, 2.05) is 6.08 Å². The predicted molar refractivity (Wildman–Crippen MR) is 137 cm³/mol. The van der Waals surface area contributed by atoms with Crippen molar-refractivity contribution < 1.29 is 4.42 Å². The molecule has 1 aromatic heterocycles. The summed E-state index contributed by atoms with van der Waals surface area (Å²) in [4.78, 5) is 2.35. The molecule has 5 aromatic rings. The van der Waals surface area contributed by atoms with Gasteiger partial charge in [0.25, 0.3) is 0 Å². The second-order valence-corrected chi connectivity index (χ2v) is 8.39. The summed E-state index contributed by atoms with van der Waals surface area (Å²) in [7, 11) is 2.13. The molecule has 0 unspecified atom stereocenters. The van der Waals surface area contributed by atoms with E-state index in [4.69, 9.17) is 4.42 Å². The van der Waals surface area contributed by atoms with E-state index in [-0.39, 0.29) is 0 Å². The molecular weight excluding hydrogens is 389 g/mol. The minimum Gasteiger partial charge on any atom is -0.456 e. The highest BCUT2D eigenvalue weighted by Gasteiger charge is 2.22. The van der Waals surface area contributed by atoms with Crippen LogP contribution in [0, 0.1) is 0 Å². The molecule has 0 amide bonds. The van der Waals surface area contributed by atoms with Crippen molar-refractivity contribution in [2.24, 2.45) is 0 Å². The molecule has 4 aromatic carbocycles. The summed E-state index contributed by atoms with van der Waals surface area (Å²) in [5.41, 5.74) is 10.3. The van der Waals surface area contributed by atoms with E-state index >= 15 is 0 Å². The first-order valence-electron chi connectivity index (χ1n) is 11.1. The first kappa shape index (κ1) is 19.0. The minimum atomic E-state index is 0.880. The second kappa shape index (κ2) is 7.46. The van der Waals surface area contributed by atoms with Gasteiger partial charge in [0.05, 0.1) is 11.1 Å². The maximum atomic E-state index is 6.32. The van der Waals surface area contributed by atoms with Gasteiger partial charge in [-0.05, 0) is 72.0 Å². The Morgan fingerprint density at radius 2 is 1.69 bits per heavy atom. The molecule has 1 aliphatic carbocycles. The van der Waals surface area contributed by atoms with Crippen molar-refractivity contribution in [1.29, 1.82) is 0 Å². The smallest absolute Gasteiger partial charge is 0.148 e. The number of nitrogens with zero attached hydrogens (tertiary/aromatic N) is 1. The molecule has 0 N–H and O–H groups in total. The second-order valence-electron chi connectivity index (χ2n) is 8.39. The van der Waals surface area contributed by atoms with Gasteiger partial charge in [-0.3, -0.25) is 0 Å². The van der Waals surface area contributed by atoms with Crippen LogP contribution in [-0.4, -0.2) is 7.28 Å². The van der Waals surface area contributed by atoms with Gasteiger partial charge >= 0.3 is 0 Å². The normalized spacial score (nSPS) is 12.4. The quantitative estimate of drug-likeness (QED) is 0.285. The number of hydrogen-bond donors (Lipinski definition) is 0. The minimum absolute atomic E-state index is 0.880. The van der Waals surface area contributed by atoms with Crippen molar-refractivity contribution in [1.82, 2.24) is 0 Å². The Balaban J connectivity index is 1.70. The summed E-state index contributed by atoms with van der Waals surface area (Å²) in [5, 5.41) is 2.26. The van der Waals surface area contributed by atoms with Gasteiger partial charge in [-0.15, -0.1) is 0 Å². The fourth-order valence-corrected chi connectivity index (χ4v) is 4.72. The summed E-state index contributed by atoms with van der Waals surface area (Å²) in [6, 6.07) is 28.1. The summed E-state index contributed by atoms with van der Waals surface area (Å²) in [6.45, 7) is 6.10. The van der Waals surface area contributed by atoms with Crippen LogP contribution in [0.2, 0.25) is 6.82 Å². The van der Waals surface area contributed by atoms with Gasteiger partial charge in [0, 0.05) is 16.8 Å². The van der Waals surface area contributed by atoms with Gasteiger partial charge in [-0.25, -0.2) is 0 Å². The molecule has 1 radical (unpaired) electrons. The molecule has 0 saturated carbocycles. The Labute approximate surface area is 189 Å². The maximum absolute atomic E-state index is 6.32. The first-order chi connectivity index (χ1) is 15.7. The number of fused-ring (bicyclic) bond motifs is 4. The van der Waals surface area contributed by atoms with Gasteiger partial charge in [0.1, 0.15) is 18.4 Å². The van der Waals surface area contributed by atoms with Gasteiger partial charge in [-0.2, -0.15) is 0 Å². The fourth-order valence-electron chi connectivity index (χ4n) is 4.72. The lowest BCUT2D eigenvalue weighted by molar-refractivity contribution is 0.669. The number of aryl methyl sites for hydroxylation is 2. The molecule has 0 atom stereocenters. The van der Waals surface area contributed by atoms with E-state index in [2.05, 4.69) is 104 Å². The summed E-state index contributed by atoms with van der Waals surface area (Å²) in [5.74, 6) is 0. The highest BCUT2D eigenvalue weighted by Crippen LogP contribution is 2.44. The van der Waals surface area contributed by atoms with Crippen molar-refractivity contribution in [3.63, 3.8) is 0 Å². The van der Waals surface area contributed by atoms with Gasteiger partial charge in [0.2, 0.25) is 0 Å². The van der Waals surface area contributed by atoms with Crippen molar-refractivity contribution in [2.45, 2.75) is 19.7 Å². The van der Waals surface area contributed by atoms with E-state index < -0.39 is 0 Å². The highest BCUT2D eigenvalue weighted by atomic mass is 16.3. The third kappa shape index (κ3) is 2.96. The Bertz CT molecular complexity index is 1480. The Morgan fingerprint density at radius 1 is 0.844 bits per heavy atom. The average molecular weight is 412 g/mol. The Hall–Kier alpha value is -3.72. The van der Waals surface area contributed by atoms with Crippen LogP contribution in [0.1, 0.15) is 16.7 Å². The zero-order chi connectivity index (χ0) is 21.7. The van der Waals surface area contributed by atoms with Crippen LogP contribution < -0.4 is 10.4 Å². The topological polar surface area (TPSA) is 16.4 Å². The van der Waals surface area contributed by atoms with Gasteiger partial charge < -0.3 is 9.32 Å². The molecule has 0 bridgehead atoms. The molecule has 3 heteroatoms. The van der Waals surface area contributed by atoms with Crippen LogP contribution in [0.25, 0.3) is 28.0 Å². The van der Waals surface area contributed by atoms with Crippen LogP contribution in [0.5, 0.6) is 0 Å². The highest BCUT2D eigenvalue weighted by molar-refractivity contribution is 6.52. The first-order valence-corrected chi connectivity index (χ1v) is 11.1. The maximum Gasteiger partial charge on any atom is 0.148 e. The lowest BCUT2D eigenvalue weighted by Crippen LogP contribution is -2.14. The average Bonchev–Trinajstić information content (AvgIpc) is 3.19. The molecule has 2 nitrogen and oxygen atoms in total. The number of anilines is 3. The molecule has 1 heterocycles. The van der Waals surface area contributed by atoms with Crippen LogP contribution in [0.15, 0.2) is 89.9 Å². The van der Waals surface area contributed by atoms with Crippen molar-refractivity contribution in [3.8, 4) is 0 Å². The summed E-state index contributed by atoms with van der Waals surface area (Å²) >= 11 is 0. The summed E-state index contributed by atoms with van der Waals surface area (Å²) in [6.07, 6.45) is 4.22. The van der Waals surface area contributed by atoms with Crippen molar-refractivity contribution >= 4 is 57.8 Å². The third-order valence-corrected chi connectivity index (χ3v) is 6.53. The molecule has 6 rings (SSSR count). The predicted octanol–water partition coefficient (Wildman–Crippen LogP) is 7.18. The van der Waals surface area contributed by atoms with Crippen molar-refractivity contribution in [3.05, 3.63) is 102 Å². The van der Waals surface area contributed by atoms with E-state index in [1.165, 1.54) is 28.7 Å². The van der Waals surface area contributed by atoms with E-state index in [0.29, 0.717) is 0 Å². The molecule has 1 aliphatic rings. The molecule has 153 valence electrons. The van der Waals surface area contributed by atoms with Crippen molar-refractivity contribution in [2.75, 3.05) is 4.90 Å². The number of hydrogen-bond acceptors (Lipinski definition) is 2. The summed E-state index contributed by atoms with van der Waals surface area (Å²) < 4.78 is 6.32. The zero-order valence-corrected chi connectivity index (χ0v) is 18.1. The van der Waals surface area contributed by atoms with Crippen LogP contribution in [0.4, 0.5) is 17.1 Å². The van der Waals surface area contributed by atoms with Crippen LogP contribution in [-0.2, 0) is 12.8 Å². The van der Waals surface area contributed by atoms with Gasteiger partial charge in [0.15, 0.2) is 0 Å². The molecule has 0 spiro atoms. The number of furan rings is 1. The van der Waals surface area contributed by atoms with E-state index in [0.717, 1.165) is 45.3 Å². The fraction of sp³-hybridized carbons (Fsp3) is 0.103. The molecule has 0 fully saturated rings. The number of para-hydroxylation sites is 1. The molecule has 0 saturated heterocycles. The Morgan fingerprint density at radius 3 is 2.41 bits per heavy atom. The van der Waals surface area contributed by atoms with Gasteiger partial charge in [-0.1, -0.05) is 61.3 Å². The standard InChI is InChI=1S/C29H23BNO/c1-3-19-15-26(29-25-18-22(30-2)12-14-27(25)32-28(29)16-19)31(23-7-5-4-6-8-23)24-13-11-20-9-10-21(20)17-24/h3-8,11-18H,1,9-10H2,2H3. The largest absolute Gasteiger partial charge is 0.456 e. The van der Waals surface area contributed by atoms with E-state index in [1.54, 1.807) is 0 Å². The lowest BCUT2D eigenvalue weighted by Gasteiger charge is -2.29. The Kier molecular flexibility index (Phi) is 4.43. The SMILES string of the molecule is C=Cc1cc(N(c2ccccc2)c2ccc3c(c2)CC3)c2c(c1)oc1ccc([B]C)cc12.